The predicted molar refractivity (Wildman–Crippen MR) is 298 cm³/mol. The third kappa shape index (κ3) is 11.4. The quantitative estimate of drug-likeness (QED) is 0.0472. The zero-order chi connectivity index (χ0) is 47.3. The first-order chi connectivity index (χ1) is 31.6. The van der Waals surface area contributed by atoms with E-state index in [4.69, 9.17) is 4.74 Å². The molecule has 0 N–H and O–H groups in total. The van der Waals surface area contributed by atoms with Crippen molar-refractivity contribution in [1.82, 2.24) is 0 Å². The van der Waals surface area contributed by atoms with Crippen molar-refractivity contribution >= 4 is 104 Å². The number of benzene rings is 1. The van der Waals surface area contributed by atoms with Gasteiger partial charge in [-0.15, -0.1) is 68.0 Å². The zero-order valence-electron chi connectivity index (χ0n) is 41.8. The molecular formula is C57H75FO2S6. The van der Waals surface area contributed by atoms with Crippen LogP contribution in [-0.4, -0.2) is 12.6 Å². The highest BCUT2D eigenvalue weighted by Gasteiger charge is 2.33. The van der Waals surface area contributed by atoms with Crippen LogP contribution in [-0.2, 0) is 28.4 Å². The van der Waals surface area contributed by atoms with Gasteiger partial charge in [0.15, 0.2) is 5.82 Å². The minimum Gasteiger partial charge on any atom is -0.461 e. The zero-order valence-corrected chi connectivity index (χ0v) is 46.7. The fourth-order valence-electron chi connectivity index (χ4n) is 9.35. The molecule has 0 aliphatic carbocycles. The Labute approximate surface area is 420 Å². The molecule has 0 amide bonds. The summed E-state index contributed by atoms with van der Waals surface area (Å²) in [7, 11) is 0. The molecule has 6 heterocycles. The second kappa shape index (κ2) is 22.6. The number of thiophene rings is 6. The van der Waals surface area contributed by atoms with Crippen molar-refractivity contribution < 1.29 is 13.9 Å². The van der Waals surface area contributed by atoms with Gasteiger partial charge < -0.3 is 4.74 Å². The average molecular weight is 1000 g/mol. The first-order valence-corrected chi connectivity index (χ1v) is 30.2. The molecule has 0 bridgehead atoms. The van der Waals surface area contributed by atoms with Crippen LogP contribution in [0, 0.1) is 17.7 Å². The molecule has 358 valence electrons. The summed E-state index contributed by atoms with van der Waals surface area (Å²) in [5.41, 5.74) is 2.37. The lowest BCUT2D eigenvalue weighted by atomic mass is 9.92. The van der Waals surface area contributed by atoms with Gasteiger partial charge in [0, 0.05) is 70.8 Å². The summed E-state index contributed by atoms with van der Waals surface area (Å²) in [6.45, 7) is 25.4. The first-order valence-electron chi connectivity index (χ1n) is 25.3. The van der Waals surface area contributed by atoms with Gasteiger partial charge in [0.05, 0.1) is 16.2 Å². The molecule has 2 nitrogen and oxygen atoms in total. The molecule has 7 aromatic rings. The molecule has 0 spiro atoms. The van der Waals surface area contributed by atoms with E-state index in [-0.39, 0.29) is 15.7 Å². The summed E-state index contributed by atoms with van der Waals surface area (Å²) < 4.78 is 26.2. The highest BCUT2D eigenvalue weighted by atomic mass is 32.1. The summed E-state index contributed by atoms with van der Waals surface area (Å²) in [4.78, 5) is 24.0. The van der Waals surface area contributed by atoms with Crippen LogP contribution in [0.2, 0.25) is 0 Å². The lowest BCUT2D eigenvalue weighted by molar-refractivity contribution is 0.0499. The minimum absolute atomic E-state index is 0.00193. The lowest BCUT2D eigenvalue weighted by Gasteiger charge is -2.16. The number of hydrogen-bond acceptors (Lipinski definition) is 8. The van der Waals surface area contributed by atoms with Crippen LogP contribution in [0.3, 0.4) is 0 Å². The fraction of sp³-hybridized carbons (Fsp3) is 0.561. The van der Waals surface area contributed by atoms with Gasteiger partial charge in [-0.3, -0.25) is 0 Å². The van der Waals surface area contributed by atoms with Gasteiger partial charge in [-0.2, -0.15) is 0 Å². The SMILES string of the molecule is CCCCCCCCOC(=O)c1sc2c(-c3cc4c(-c5ccc(CC(CC)CCCC)s5)c5sc(C(C)(C)C)cc5c(-c5ccc(CC(CC)CCCC)s5)c4s3)sc(C(C)(C)C)c2c1F. The second-order valence-electron chi connectivity index (χ2n) is 20.8. The Morgan fingerprint density at radius 1 is 0.591 bits per heavy atom. The summed E-state index contributed by atoms with van der Waals surface area (Å²) >= 11 is 10.8. The molecule has 0 saturated heterocycles. The van der Waals surface area contributed by atoms with Crippen molar-refractivity contribution in [3.63, 3.8) is 0 Å². The van der Waals surface area contributed by atoms with Gasteiger partial charge in [0.2, 0.25) is 0 Å². The van der Waals surface area contributed by atoms with Crippen molar-refractivity contribution in [3.8, 4) is 30.6 Å². The molecule has 0 aliphatic rings. The molecule has 0 fully saturated rings. The maximum absolute atomic E-state index is 16.9. The fourth-order valence-corrected chi connectivity index (χ4v) is 17.2. The van der Waals surface area contributed by atoms with Crippen molar-refractivity contribution in [2.45, 2.75) is 190 Å². The van der Waals surface area contributed by atoms with Crippen molar-refractivity contribution in [2.75, 3.05) is 6.61 Å². The largest absolute Gasteiger partial charge is 0.461 e. The molecular weight excluding hydrogens is 928 g/mol. The van der Waals surface area contributed by atoms with Crippen LogP contribution in [0.25, 0.3) is 60.9 Å². The summed E-state index contributed by atoms with van der Waals surface area (Å²) in [5, 5.41) is 3.23. The van der Waals surface area contributed by atoms with Crippen LogP contribution in [0.4, 0.5) is 4.39 Å². The predicted octanol–water partition coefficient (Wildman–Crippen LogP) is 21.3. The van der Waals surface area contributed by atoms with E-state index in [9.17, 15) is 4.79 Å². The van der Waals surface area contributed by atoms with E-state index in [2.05, 4.69) is 113 Å². The molecule has 2 atom stereocenters. The standard InChI is InChI=1S/C57H75FO2S6/c1-12-17-20-21-22-23-30-60-55(59)53-48(58)47-52(65-53)51(66-54(47)57(9,10)11)43-33-39-45(41-28-26-37(61-41)31-35(15-4)24-18-13-2)50-40(34-44(64-50)56(6,7)8)46(49(39)63-43)42-29-27-38(62-42)32-36(16-5)25-19-14-3/h26-29,33-36H,12-25,30-32H2,1-11H3. The Bertz CT molecular complexity index is 2580. The number of hydrogen-bond donors (Lipinski definition) is 0. The number of unbranched alkanes of at least 4 members (excludes halogenated alkanes) is 7. The number of fused-ring (bicyclic) bond motifs is 3. The minimum atomic E-state index is -0.532. The molecule has 2 unspecified atom stereocenters. The van der Waals surface area contributed by atoms with E-state index in [1.165, 1.54) is 138 Å². The molecule has 1 aromatic carbocycles. The number of esters is 1. The maximum atomic E-state index is 16.9. The van der Waals surface area contributed by atoms with Gasteiger partial charge >= 0.3 is 5.97 Å². The summed E-state index contributed by atoms with van der Waals surface area (Å²) in [6.07, 6.45) is 18.9. The molecule has 0 radical (unpaired) electrons. The van der Waals surface area contributed by atoms with Crippen molar-refractivity contribution in [3.05, 3.63) is 66.6 Å². The third-order valence-corrected chi connectivity index (χ3v) is 21.5. The van der Waals surface area contributed by atoms with E-state index in [1.54, 1.807) is 11.3 Å². The van der Waals surface area contributed by atoms with Crippen LogP contribution in [0.15, 0.2) is 36.4 Å². The highest BCUT2D eigenvalue weighted by Crippen LogP contribution is 2.57. The molecule has 66 heavy (non-hydrogen) atoms. The Balaban J connectivity index is 1.42. The van der Waals surface area contributed by atoms with Gasteiger partial charge in [-0.25, -0.2) is 9.18 Å². The van der Waals surface area contributed by atoms with E-state index >= 15 is 4.39 Å². The summed E-state index contributed by atoms with van der Waals surface area (Å²) in [6, 6.07) is 14.6. The number of ether oxygens (including phenoxy) is 1. The van der Waals surface area contributed by atoms with Crippen molar-refractivity contribution in [1.29, 1.82) is 0 Å². The highest BCUT2D eigenvalue weighted by molar-refractivity contribution is 7.32. The Morgan fingerprint density at radius 2 is 1.14 bits per heavy atom. The second-order valence-corrected chi connectivity index (χ2v) is 27.3. The number of rotatable bonds is 23. The number of carbonyl (C=O) groups is 1. The Hall–Kier alpha value is -2.40. The summed E-state index contributed by atoms with van der Waals surface area (Å²) in [5.74, 6) is 0.449. The topological polar surface area (TPSA) is 26.3 Å². The Morgan fingerprint density at radius 3 is 1.68 bits per heavy atom. The normalized spacial score (nSPS) is 13.5. The maximum Gasteiger partial charge on any atom is 0.351 e. The lowest BCUT2D eigenvalue weighted by Crippen LogP contribution is -2.10. The van der Waals surface area contributed by atoms with Crippen LogP contribution < -0.4 is 0 Å². The van der Waals surface area contributed by atoms with Crippen LogP contribution >= 0.6 is 68.0 Å². The van der Waals surface area contributed by atoms with Gasteiger partial charge in [0.1, 0.15) is 4.88 Å². The molecule has 6 aromatic heterocycles. The van der Waals surface area contributed by atoms with E-state index < -0.39 is 11.8 Å². The van der Waals surface area contributed by atoms with Gasteiger partial charge in [-0.05, 0) is 78.3 Å². The van der Waals surface area contributed by atoms with Crippen LogP contribution in [0.1, 0.15) is 195 Å². The Kier molecular flexibility index (Phi) is 17.6. The number of halogens is 1. The smallest absolute Gasteiger partial charge is 0.351 e. The molecule has 7 rings (SSSR count). The van der Waals surface area contributed by atoms with E-state index in [0.29, 0.717) is 23.8 Å². The molecule has 0 aliphatic heterocycles. The van der Waals surface area contributed by atoms with E-state index in [0.717, 1.165) is 51.4 Å². The van der Waals surface area contributed by atoms with Crippen molar-refractivity contribution in [2.24, 2.45) is 11.8 Å². The number of carbonyl (C=O) groups excluding carboxylic acids is 1. The monoisotopic (exact) mass is 1000 g/mol. The van der Waals surface area contributed by atoms with Gasteiger partial charge in [-0.1, -0.05) is 160 Å². The van der Waals surface area contributed by atoms with Crippen LogP contribution in [0.5, 0.6) is 0 Å². The molecule has 0 saturated carbocycles. The average Bonchev–Trinajstić information content (AvgIpc) is 4.14. The van der Waals surface area contributed by atoms with Gasteiger partial charge in [0.25, 0.3) is 0 Å². The molecule has 9 heteroatoms. The van der Waals surface area contributed by atoms with E-state index in [1.807, 2.05) is 45.3 Å². The first kappa shape index (κ1) is 51.5. The third-order valence-electron chi connectivity index (χ3n) is 13.4.